The molecule has 2 fully saturated rings. The molecule has 0 unspecified atom stereocenters. The van der Waals surface area contributed by atoms with E-state index in [0.29, 0.717) is 41.3 Å². The monoisotopic (exact) mass is 454 g/mol. The van der Waals surface area contributed by atoms with Crippen molar-refractivity contribution < 1.29 is 19.0 Å². The molecule has 0 atom stereocenters. The molecule has 3 aromatic heterocycles. The fourth-order valence-corrected chi connectivity index (χ4v) is 3.16. The van der Waals surface area contributed by atoms with E-state index in [1.807, 2.05) is 12.3 Å². The first-order valence-corrected chi connectivity index (χ1v) is 11.1. The highest BCUT2D eigenvalue weighted by Crippen LogP contribution is 2.41. The Bertz CT molecular complexity index is 1080. The van der Waals surface area contributed by atoms with Gasteiger partial charge in [0.05, 0.1) is 19.8 Å². The number of H-pyrrole nitrogens is 1. The minimum atomic E-state index is 0.204. The fourth-order valence-electron chi connectivity index (χ4n) is 3.16. The van der Waals surface area contributed by atoms with Crippen LogP contribution in [0.15, 0.2) is 24.7 Å². The van der Waals surface area contributed by atoms with Gasteiger partial charge < -0.3 is 29.4 Å². The molecule has 10 heteroatoms. The minimum Gasteiger partial charge on any atom is -0.480 e. The maximum atomic E-state index is 10.6. The third-order valence-corrected chi connectivity index (χ3v) is 5.20. The summed E-state index contributed by atoms with van der Waals surface area (Å²) in [5.41, 5.74) is 2.17. The molecule has 0 spiro atoms. The second-order valence-corrected chi connectivity index (χ2v) is 8.31. The summed E-state index contributed by atoms with van der Waals surface area (Å²) in [5, 5.41) is 3.39. The molecule has 3 aromatic rings. The van der Waals surface area contributed by atoms with E-state index >= 15 is 0 Å². The van der Waals surface area contributed by atoms with E-state index < -0.39 is 0 Å². The van der Waals surface area contributed by atoms with Gasteiger partial charge in [-0.3, -0.25) is 4.79 Å². The van der Waals surface area contributed by atoms with Crippen molar-refractivity contribution in [2.24, 2.45) is 0 Å². The molecule has 1 amide bonds. The van der Waals surface area contributed by atoms with Crippen molar-refractivity contribution in [1.29, 1.82) is 0 Å². The third-order valence-electron chi connectivity index (χ3n) is 5.20. The first kappa shape index (κ1) is 22.9. The highest BCUT2D eigenvalue weighted by atomic mass is 16.5. The number of aromatic nitrogens is 4. The number of ether oxygens (including phenoxy) is 3. The number of hydrogen-bond acceptors (Lipinski definition) is 8. The first-order valence-electron chi connectivity index (χ1n) is 11.1. The molecule has 2 aliphatic rings. The lowest BCUT2D eigenvalue weighted by Gasteiger charge is -2.12. The number of rotatable bonds is 10. The molecule has 0 bridgehead atoms. The summed E-state index contributed by atoms with van der Waals surface area (Å²) in [6, 6.07) is 3.60. The van der Waals surface area contributed by atoms with Gasteiger partial charge in [-0.1, -0.05) is 0 Å². The zero-order valence-corrected chi connectivity index (χ0v) is 19.2. The van der Waals surface area contributed by atoms with Crippen molar-refractivity contribution in [2.45, 2.75) is 37.9 Å². The number of methoxy groups -OCH3 is 1. The summed E-state index contributed by atoms with van der Waals surface area (Å²) < 4.78 is 16.7. The third kappa shape index (κ3) is 6.17. The Kier molecular flexibility index (Phi) is 7.36. The SMILES string of the molecule is CN(C)CCOC1CC1.COc1ncnc(OC2CC2)c1-c1c[nH]c2nc(NC=O)ccc12. The predicted octanol–water partition coefficient (Wildman–Crippen LogP) is 2.86. The Morgan fingerprint density at radius 1 is 1.15 bits per heavy atom. The molecule has 5 rings (SSSR count). The van der Waals surface area contributed by atoms with Crippen molar-refractivity contribution in [3.8, 4) is 22.9 Å². The van der Waals surface area contributed by atoms with Crippen LogP contribution in [0.5, 0.6) is 11.8 Å². The Morgan fingerprint density at radius 3 is 2.58 bits per heavy atom. The van der Waals surface area contributed by atoms with Crippen LogP contribution in [0.25, 0.3) is 22.2 Å². The molecule has 0 aliphatic heterocycles. The summed E-state index contributed by atoms with van der Waals surface area (Å²) in [6.45, 7) is 1.95. The Balaban J connectivity index is 0.000000243. The largest absolute Gasteiger partial charge is 0.480 e. The topological polar surface area (TPSA) is 114 Å². The van der Waals surface area contributed by atoms with E-state index in [2.05, 4.69) is 44.2 Å². The van der Waals surface area contributed by atoms with Crippen LogP contribution in [0.4, 0.5) is 5.82 Å². The van der Waals surface area contributed by atoms with Gasteiger partial charge in [-0.25, -0.2) is 15.0 Å². The molecular weight excluding hydrogens is 424 g/mol. The highest BCUT2D eigenvalue weighted by molar-refractivity contribution is 5.97. The number of likely N-dealkylation sites (N-methyl/N-ethyl adjacent to an activating group) is 1. The number of carbonyl (C=O) groups excluding carboxylic acids is 1. The minimum absolute atomic E-state index is 0.204. The van der Waals surface area contributed by atoms with E-state index in [1.165, 1.54) is 19.2 Å². The van der Waals surface area contributed by atoms with Gasteiger partial charge in [0.1, 0.15) is 29.5 Å². The summed E-state index contributed by atoms with van der Waals surface area (Å²) in [7, 11) is 5.69. The van der Waals surface area contributed by atoms with Crippen LogP contribution in [-0.4, -0.2) is 77.8 Å². The summed E-state index contributed by atoms with van der Waals surface area (Å²) in [4.78, 5) is 28.6. The Labute approximate surface area is 192 Å². The molecule has 10 nitrogen and oxygen atoms in total. The lowest BCUT2D eigenvalue weighted by Crippen LogP contribution is -2.18. The zero-order valence-electron chi connectivity index (χ0n) is 19.2. The van der Waals surface area contributed by atoms with Crippen LogP contribution in [0.3, 0.4) is 0 Å². The second kappa shape index (κ2) is 10.6. The molecule has 0 aromatic carbocycles. The summed E-state index contributed by atoms with van der Waals surface area (Å²) >= 11 is 0. The van der Waals surface area contributed by atoms with Crippen molar-refractivity contribution in [3.05, 3.63) is 24.7 Å². The molecule has 0 saturated heterocycles. The quantitative estimate of drug-likeness (QED) is 0.450. The van der Waals surface area contributed by atoms with Gasteiger partial charge in [-0.15, -0.1) is 0 Å². The molecule has 33 heavy (non-hydrogen) atoms. The molecule has 3 heterocycles. The number of fused-ring (bicyclic) bond motifs is 1. The van der Waals surface area contributed by atoms with Crippen molar-refractivity contribution in [3.63, 3.8) is 0 Å². The number of nitrogens with zero attached hydrogens (tertiary/aromatic N) is 4. The molecule has 0 radical (unpaired) electrons. The van der Waals surface area contributed by atoms with E-state index in [-0.39, 0.29) is 6.10 Å². The van der Waals surface area contributed by atoms with Gasteiger partial charge in [-0.2, -0.15) is 0 Å². The van der Waals surface area contributed by atoms with Crippen LogP contribution in [0.2, 0.25) is 0 Å². The normalized spacial score (nSPS) is 15.2. The number of aromatic amines is 1. The smallest absolute Gasteiger partial charge is 0.228 e. The fraction of sp³-hybridized carbons (Fsp3) is 0.478. The van der Waals surface area contributed by atoms with E-state index in [1.54, 1.807) is 13.2 Å². The molecule has 2 N–H and O–H groups in total. The van der Waals surface area contributed by atoms with Crippen LogP contribution in [-0.2, 0) is 9.53 Å². The first-order chi connectivity index (χ1) is 16.1. The maximum absolute atomic E-state index is 10.6. The number of nitrogens with one attached hydrogen (secondary N) is 2. The van der Waals surface area contributed by atoms with Gasteiger partial charge in [0.2, 0.25) is 18.2 Å². The van der Waals surface area contributed by atoms with Gasteiger partial charge in [0, 0.05) is 23.7 Å². The molecule has 176 valence electrons. The van der Waals surface area contributed by atoms with Crippen molar-refractivity contribution in [1.82, 2.24) is 24.8 Å². The standard InChI is InChI=1S/C16H15N5O3.C7H15NO/c1-23-15-13(16(19-7-18-15)24-9-2-3-9)11-6-17-14-10(11)4-5-12(21-14)20-8-22;1-8(2)5-6-9-7-3-4-7/h4-9H,2-3H2,1H3,(H2,17,20,21,22);7H,3-6H2,1-2H3. The summed E-state index contributed by atoms with van der Waals surface area (Å²) in [5.74, 6) is 1.41. The van der Waals surface area contributed by atoms with Crippen LogP contribution >= 0.6 is 0 Å². The van der Waals surface area contributed by atoms with Gasteiger partial charge >= 0.3 is 0 Å². The lowest BCUT2D eigenvalue weighted by atomic mass is 10.1. The number of anilines is 1. The van der Waals surface area contributed by atoms with E-state index in [4.69, 9.17) is 14.2 Å². The van der Waals surface area contributed by atoms with Crippen LogP contribution in [0, 0.1) is 0 Å². The zero-order chi connectivity index (χ0) is 23.2. The molecular formula is C23H30N6O4. The molecule has 2 aliphatic carbocycles. The number of hydrogen-bond donors (Lipinski definition) is 2. The Hall–Kier alpha value is -3.24. The number of amides is 1. The second-order valence-electron chi connectivity index (χ2n) is 8.31. The van der Waals surface area contributed by atoms with Gasteiger partial charge in [0.25, 0.3) is 0 Å². The number of carbonyl (C=O) groups is 1. The highest BCUT2D eigenvalue weighted by Gasteiger charge is 2.28. The molecule has 2 saturated carbocycles. The van der Waals surface area contributed by atoms with Gasteiger partial charge in [-0.05, 0) is 51.9 Å². The summed E-state index contributed by atoms with van der Waals surface area (Å²) in [6.07, 6.45) is 9.28. The van der Waals surface area contributed by atoms with Crippen molar-refractivity contribution in [2.75, 3.05) is 39.7 Å². The van der Waals surface area contributed by atoms with E-state index in [0.717, 1.165) is 36.9 Å². The number of pyridine rings is 1. The maximum Gasteiger partial charge on any atom is 0.228 e. The van der Waals surface area contributed by atoms with E-state index in [9.17, 15) is 4.79 Å². The average Bonchev–Trinajstić information content (AvgIpc) is 3.74. The van der Waals surface area contributed by atoms with Crippen LogP contribution in [0.1, 0.15) is 25.7 Å². The lowest BCUT2D eigenvalue weighted by molar-refractivity contribution is -0.105. The predicted molar refractivity (Wildman–Crippen MR) is 125 cm³/mol. The van der Waals surface area contributed by atoms with Gasteiger partial charge in [0.15, 0.2) is 0 Å². The Morgan fingerprint density at radius 2 is 1.91 bits per heavy atom. The van der Waals surface area contributed by atoms with Crippen LogP contribution < -0.4 is 14.8 Å². The average molecular weight is 455 g/mol. The van der Waals surface area contributed by atoms with Crippen molar-refractivity contribution >= 4 is 23.3 Å².